The summed E-state index contributed by atoms with van der Waals surface area (Å²) in [5.74, 6) is 0.871. The molecule has 2 aromatic rings. The summed E-state index contributed by atoms with van der Waals surface area (Å²) in [4.78, 5) is 0. The van der Waals surface area contributed by atoms with Gasteiger partial charge in [0.1, 0.15) is 11.5 Å². The molecule has 0 radical (unpaired) electrons. The van der Waals surface area contributed by atoms with Crippen LogP contribution in [0.3, 0.4) is 0 Å². The highest BCUT2D eigenvalue weighted by atomic mass is 79.9. The number of furan rings is 1. The van der Waals surface area contributed by atoms with Gasteiger partial charge in [0.05, 0.1) is 11.7 Å². The highest BCUT2D eigenvalue weighted by molar-refractivity contribution is 9.10. The van der Waals surface area contributed by atoms with E-state index >= 15 is 0 Å². The van der Waals surface area contributed by atoms with E-state index in [2.05, 4.69) is 15.9 Å². The average molecular weight is 349 g/mol. The Kier molecular flexibility index (Phi) is 4.25. The van der Waals surface area contributed by atoms with Gasteiger partial charge in [-0.15, -0.1) is 0 Å². The van der Waals surface area contributed by atoms with Crippen LogP contribution in [0.5, 0.6) is 0 Å². The third-order valence-corrected chi connectivity index (χ3v) is 3.13. The summed E-state index contributed by atoms with van der Waals surface area (Å²) in [6.07, 6.45) is -4.66. The fourth-order valence-electron chi connectivity index (χ4n) is 1.83. The van der Waals surface area contributed by atoms with Crippen molar-refractivity contribution in [3.63, 3.8) is 0 Å². The first-order valence-electron chi connectivity index (χ1n) is 5.90. The summed E-state index contributed by atoms with van der Waals surface area (Å²) in [5, 5.41) is 9.26. The van der Waals surface area contributed by atoms with E-state index in [0.29, 0.717) is 28.0 Å². The molecule has 0 amide bonds. The Balaban J connectivity index is 2.37. The van der Waals surface area contributed by atoms with Crippen molar-refractivity contribution >= 4 is 15.9 Å². The maximum atomic E-state index is 12.8. The van der Waals surface area contributed by atoms with E-state index < -0.39 is 17.8 Å². The van der Waals surface area contributed by atoms with Crippen LogP contribution in [-0.4, -0.2) is 11.2 Å². The number of aliphatic hydroxyl groups excluding tert-OH is 1. The number of alkyl halides is 3. The minimum Gasteiger partial charge on any atom is -0.461 e. The number of hydrogen-bond donors (Lipinski definition) is 1. The van der Waals surface area contributed by atoms with Gasteiger partial charge >= 0.3 is 6.18 Å². The van der Waals surface area contributed by atoms with Gasteiger partial charge in [0.15, 0.2) is 0 Å². The first kappa shape index (κ1) is 15.1. The van der Waals surface area contributed by atoms with Crippen molar-refractivity contribution in [1.82, 2.24) is 0 Å². The summed E-state index contributed by atoms with van der Waals surface area (Å²) in [6.45, 7) is 1.61. The van der Waals surface area contributed by atoms with E-state index in [1.165, 1.54) is 0 Å². The van der Waals surface area contributed by atoms with E-state index in [1.54, 1.807) is 25.1 Å². The highest BCUT2D eigenvalue weighted by Gasteiger charge is 2.31. The Morgan fingerprint density at radius 1 is 1.25 bits per heavy atom. The quantitative estimate of drug-likeness (QED) is 0.875. The standard InChI is InChI=1S/C14H12BrF3O2/c1-8(19)4-12-2-3-13(20-12)9-5-10(14(16,17)18)7-11(15)6-9/h2-3,5-8,19H,4H2,1H3. The number of halogens is 4. The Morgan fingerprint density at radius 3 is 2.55 bits per heavy atom. The molecule has 6 heteroatoms. The fraction of sp³-hybridized carbons (Fsp3) is 0.286. The van der Waals surface area contributed by atoms with E-state index in [-0.39, 0.29) is 0 Å². The van der Waals surface area contributed by atoms with Crippen LogP contribution in [0.25, 0.3) is 11.3 Å². The second-order valence-corrected chi connectivity index (χ2v) is 5.46. The van der Waals surface area contributed by atoms with Gasteiger partial charge < -0.3 is 9.52 Å². The highest BCUT2D eigenvalue weighted by Crippen LogP contribution is 2.35. The van der Waals surface area contributed by atoms with Gasteiger partial charge in [0.2, 0.25) is 0 Å². The molecule has 2 nitrogen and oxygen atoms in total. The van der Waals surface area contributed by atoms with Crippen LogP contribution in [0.1, 0.15) is 18.2 Å². The molecular formula is C14H12BrF3O2. The number of aliphatic hydroxyl groups is 1. The van der Waals surface area contributed by atoms with Crippen molar-refractivity contribution in [3.8, 4) is 11.3 Å². The Hall–Kier alpha value is -1.27. The molecule has 1 atom stereocenters. The Bertz CT molecular complexity index is 603. The van der Waals surface area contributed by atoms with Gasteiger partial charge in [-0.1, -0.05) is 15.9 Å². The zero-order chi connectivity index (χ0) is 14.9. The minimum absolute atomic E-state index is 0.320. The van der Waals surface area contributed by atoms with Gasteiger partial charge in [0.25, 0.3) is 0 Å². The summed E-state index contributed by atoms with van der Waals surface area (Å²) >= 11 is 3.07. The topological polar surface area (TPSA) is 33.4 Å². The van der Waals surface area contributed by atoms with Crippen LogP contribution >= 0.6 is 15.9 Å². The molecule has 1 aromatic carbocycles. The third kappa shape index (κ3) is 3.64. The van der Waals surface area contributed by atoms with Crippen LogP contribution in [0, 0.1) is 0 Å². The van der Waals surface area contributed by atoms with E-state index in [1.807, 2.05) is 0 Å². The number of benzene rings is 1. The molecule has 0 aliphatic rings. The molecule has 1 unspecified atom stereocenters. The lowest BCUT2D eigenvalue weighted by Gasteiger charge is -2.09. The van der Waals surface area contributed by atoms with Gasteiger partial charge in [-0.05, 0) is 37.3 Å². The van der Waals surface area contributed by atoms with Gasteiger partial charge in [-0.3, -0.25) is 0 Å². The normalized spacial score (nSPS) is 13.5. The zero-order valence-electron chi connectivity index (χ0n) is 10.5. The molecule has 0 saturated heterocycles. The van der Waals surface area contributed by atoms with E-state index in [0.717, 1.165) is 12.1 Å². The molecule has 0 spiro atoms. The van der Waals surface area contributed by atoms with Crippen molar-refractivity contribution in [2.24, 2.45) is 0 Å². The maximum Gasteiger partial charge on any atom is 0.416 e. The fourth-order valence-corrected chi connectivity index (χ4v) is 2.32. The predicted octanol–water partition coefficient (Wildman–Crippen LogP) is 4.65. The van der Waals surface area contributed by atoms with Crippen molar-refractivity contribution in [2.45, 2.75) is 25.6 Å². The second-order valence-electron chi connectivity index (χ2n) is 4.55. The summed E-state index contributed by atoms with van der Waals surface area (Å²) < 4.78 is 44.1. The average Bonchev–Trinajstić information content (AvgIpc) is 2.74. The lowest BCUT2D eigenvalue weighted by Crippen LogP contribution is -2.04. The minimum atomic E-state index is -4.41. The molecule has 20 heavy (non-hydrogen) atoms. The zero-order valence-corrected chi connectivity index (χ0v) is 12.1. The molecule has 1 N–H and O–H groups in total. The van der Waals surface area contributed by atoms with Crippen LogP contribution in [-0.2, 0) is 12.6 Å². The van der Waals surface area contributed by atoms with Gasteiger partial charge in [-0.25, -0.2) is 0 Å². The molecule has 0 saturated carbocycles. The van der Waals surface area contributed by atoms with E-state index in [9.17, 15) is 18.3 Å². The molecule has 2 rings (SSSR count). The SMILES string of the molecule is CC(O)Cc1ccc(-c2cc(Br)cc(C(F)(F)F)c2)o1. The molecule has 0 aliphatic heterocycles. The lowest BCUT2D eigenvalue weighted by atomic mass is 10.1. The monoisotopic (exact) mass is 348 g/mol. The largest absolute Gasteiger partial charge is 0.461 e. The van der Waals surface area contributed by atoms with Crippen LogP contribution in [0.4, 0.5) is 13.2 Å². The predicted molar refractivity (Wildman–Crippen MR) is 72.2 cm³/mol. The molecule has 1 heterocycles. The second kappa shape index (κ2) is 5.61. The molecule has 1 aromatic heterocycles. The van der Waals surface area contributed by atoms with Crippen molar-refractivity contribution in [1.29, 1.82) is 0 Å². The maximum absolute atomic E-state index is 12.8. The summed E-state index contributed by atoms with van der Waals surface area (Å²) in [6, 6.07) is 6.86. The molecule has 108 valence electrons. The van der Waals surface area contributed by atoms with Crippen molar-refractivity contribution < 1.29 is 22.7 Å². The Morgan fingerprint density at radius 2 is 1.95 bits per heavy atom. The van der Waals surface area contributed by atoms with Crippen LogP contribution < -0.4 is 0 Å². The van der Waals surface area contributed by atoms with Gasteiger partial charge in [0, 0.05) is 16.5 Å². The molecule has 0 bridgehead atoms. The molecule has 0 aliphatic carbocycles. The Labute approximate surface area is 122 Å². The lowest BCUT2D eigenvalue weighted by molar-refractivity contribution is -0.137. The number of hydrogen-bond acceptors (Lipinski definition) is 2. The number of rotatable bonds is 3. The van der Waals surface area contributed by atoms with E-state index in [4.69, 9.17) is 4.42 Å². The summed E-state index contributed by atoms with van der Waals surface area (Å²) in [7, 11) is 0. The first-order chi connectivity index (χ1) is 9.25. The van der Waals surface area contributed by atoms with Gasteiger partial charge in [-0.2, -0.15) is 13.2 Å². The van der Waals surface area contributed by atoms with Crippen molar-refractivity contribution in [3.05, 3.63) is 46.1 Å². The molecular weight excluding hydrogens is 337 g/mol. The third-order valence-electron chi connectivity index (χ3n) is 2.67. The van der Waals surface area contributed by atoms with Crippen LogP contribution in [0.15, 0.2) is 39.2 Å². The summed E-state index contributed by atoms with van der Waals surface area (Å²) in [5.41, 5.74) is -0.404. The van der Waals surface area contributed by atoms with Crippen LogP contribution in [0.2, 0.25) is 0 Å². The van der Waals surface area contributed by atoms with Crippen molar-refractivity contribution in [2.75, 3.05) is 0 Å². The first-order valence-corrected chi connectivity index (χ1v) is 6.70. The smallest absolute Gasteiger partial charge is 0.416 e. The molecule has 0 fully saturated rings.